The van der Waals surface area contributed by atoms with Gasteiger partial charge in [-0.1, -0.05) is 12.6 Å². The summed E-state index contributed by atoms with van der Waals surface area (Å²) < 4.78 is 0. The van der Waals surface area contributed by atoms with Crippen molar-refractivity contribution in [2.45, 2.75) is 6.92 Å². The number of hydrogen-bond acceptors (Lipinski definition) is 3. The molecule has 1 aromatic rings. The number of nitrogens with zero attached hydrogens (tertiary/aromatic N) is 2. The molecule has 3 nitrogen and oxygen atoms in total. The van der Waals surface area contributed by atoms with Crippen LogP contribution >= 0.6 is 0 Å². The summed E-state index contributed by atoms with van der Waals surface area (Å²) in [6.07, 6.45) is 1.68. The molecule has 0 N–H and O–H groups in total. The minimum Gasteiger partial charge on any atom is -0.327 e. The second-order valence-corrected chi connectivity index (χ2v) is 2.75. The number of hydrogen-bond donors (Lipinski definition) is 0. The molecule has 0 aromatic carbocycles. The first kappa shape index (κ1) is 9.45. The van der Waals surface area contributed by atoms with E-state index in [9.17, 15) is 4.79 Å². The Morgan fingerprint density at radius 1 is 1.54 bits per heavy atom. The fourth-order valence-electron chi connectivity index (χ4n) is 0.927. The Kier molecular flexibility index (Phi) is 2.80. The average molecular weight is 176 g/mol. The molecule has 0 aliphatic heterocycles. The number of ketones is 1. The number of allylic oxidation sites excluding steroid dienone is 1. The number of likely N-dealkylation sites (N-methyl/N-ethyl adjacent to an activating group) is 1. The van der Waals surface area contributed by atoms with Gasteiger partial charge in [-0.25, -0.2) is 4.98 Å². The van der Waals surface area contributed by atoms with Crippen molar-refractivity contribution in [2.24, 2.45) is 0 Å². The van der Waals surface area contributed by atoms with E-state index in [0.29, 0.717) is 5.70 Å². The molecular weight excluding hydrogens is 164 g/mol. The number of Topliss-reactive ketones (excluding diaryl/α,β-unsaturated/α-hetero) is 1. The van der Waals surface area contributed by atoms with Gasteiger partial charge in [-0.3, -0.25) is 4.79 Å². The Hall–Kier alpha value is -1.64. The first-order valence-electron chi connectivity index (χ1n) is 3.97. The van der Waals surface area contributed by atoms with E-state index in [1.54, 1.807) is 18.1 Å². The minimum atomic E-state index is -0.0480. The van der Waals surface area contributed by atoms with E-state index >= 15 is 0 Å². The smallest absolute Gasteiger partial charge is 0.175 e. The van der Waals surface area contributed by atoms with Crippen LogP contribution in [0.5, 0.6) is 0 Å². The van der Waals surface area contributed by atoms with Gasteiger partial charge in [0.25, 0.3) is 0 Å². The fraction of sp³-hybridized carbons (Fsp3) is 0.200. The van der Waals surface area contributed by atoms with Crippen molar-refractivity contribution in [1.29, 1.82) is 0 Å². The maximum atomic E-state index is 11.0. The van der Waals surface area contributed by atoms with Crippen molar-refractivity contribution < 1.29 is 4.79 Å². The van der Waals surface area contributed by atoms with Crippen LogP contribution in [0.2, 0.25) is 0 Å². The molecule has 0 amide bonds. The van der Waals surface area contributed by atoms with Crippen LogP contribution in [0.25, 0.3) is 0 Å². The Balaban J connectivity index is 2.86. The van der Waals surface area contributed by atoms with Crippen molar-refractivity contribution >= 4 is 11.6 Å². The maximum absolute atomic E-state index is 11.0. The Morgan fingerprint density at radius 2 is 2.23 bits per heavy atom. The van der Waals surface area contributed by atoms with Crippen LogP contribution in [0.15, 0.2) is 36.7 Å². The highest BCUT2D eigenvalue weighted by molar-refractivity contribution is 5.95. The Morgan fingerprint density at radius 3 is 2.69 bits per heavy atom. The van der Waals surface area contributed by atoms with Crippen LogP contribution in [0.4, 0.5) is 5.82 Å². The predicted molar refractivity (Wildman–Crippen MR) is 52.5 cm³/mol. The molecule has 1 heterocycles. The van der Waals surface area contributed by atoms with E-state index in [4.69, 9.17) is 0 Å². The molecule has 3 heteroatoms. The Labute approximate surface area is 77.7 Å². The number of rotatable bonds is 3. The van der Waals surface area contributed by atoms with Gasteiger partial charge in [-0.15, -0.1) is 0 Å². The molecule has 0 atom stereocenters. The molecule has 68 valence electrons. The van der Waals surface area contributed by atoms with Crippen molar-refractivity contribution in [3.8, 4) is 0 Å². The largest absolute Gasteiger partial charge is 0.327 e. The van der Waals surface area contributed by atoms with Gasteiger partial charge in [0.1, 0.15) is 5.82 Å². The van der Waals surface area contributed by atoms with Crippen molar-refractivity contribution in [1.82, 2.24) is 4.98 Å². The van der Waals surface area contributed by atoms with Gasteiger partial charge < -0.3 is 4.90 Å². The van der Waals surface area contributed by atoms with Crippen LogP contribution in [0.3, 0.4) is 0 Å². The predicted octanol–water partition coefficient (Wildman–Crippen LogP) is 1.62. The SMILES string of the molecule is C=C(C(C)=O)N(C)c1ccccn1. The number of carbonyl (C=O) groups excluding carboxylic acids is 1. The van der Waals surface area contributed by atoms with E-state index in [-0.39, 0.29) is 5.78 Å². The summed E-state index contributed by atoms with van der Waals surface area (Å²) in [5.74, 6) is 0.677. The third-order valence-electron chi connectivity index (χ3n) is 1.80. The van der Waals surface area contributed by atoms with Crippen molar-refractivity contribution in [2.75, 3.05) is 11.9 Å². The van der Waals surface area contributed by atoms with Crippen LogP contribution in [0, 0.1) is 0 Å². The molecule has 0 spiro atoms. The summed E-state index contributed by atoms with van der Waals surface area (Å²) in [7, 11) is 1.77. The monoisotopic (exact) mass is 176 g/mol. The lowest BCUT2D eigenvalue weighted by Gasteiger charge is -2.17. The summed E-state index contributed by atoms with van der Waals surface area (Å²) in [6, 6.07) is 5.52. The van der Waals surface area contributed by atoms with E-state index in [2.05, 4.69) is 11.6 Å². The molecule has 0 unspecified atom stereocenters. The van der Waals surface area contributed by atoms with Gasteiger partial charge >= 0.3 is 0 Å². The maximum Gasteiger partial charge on any atom is 0.175 e. The molecule has 0 saturated carbocycles. The van der Waals surface area contributed by atoms with E-state index in [1.165, 1.54) is 6.92 Å². The summed E-state index contributed by atoms with van der Waals surface area (Å²) in [4.78, 5) is 16.8. The highest BCUT2D eigenvalue weighted by Gasteiger charge is 2.08. The molecule has 13 heavy (non-hydrogen) atoms. The highest BCUT2D eigenvalue weighted by atomic mass is 16.1. The lowest BCUT2D eigenvalue weighted by Crippen LogP contribution is -2.21. The van der Waals surface area contributed by atoms with Crippen molar-refractivity contribution in [3.63, 3.8) is 0 Å². The minimum absolute atomic E-state index is 0.0480. The molecule has 0 saturated heterocycles. The number of anilines is 1. The van der Waals surface area contributed by atoms with Gasteiger partial charge in [0.15, 0.2) is 5.78 Å². The van der Waals surface area contributed by atoms with Gasteiger partial charge in [-0.2, -0.15) is 0 Å². The van der Waals surface area contributed by atoms with E-state index in [0.717, 1.165) is 5.82 Å². The average Bonchev–Trinajstić information content (AvgIpc) is 2.17. The first-order chi connectivity index (χ1) is 6.13. The third kappa shape index (κ3) is 2.15. The topological polar surface area (TPSA) is 33.2 Å². The lowest BCUT2D eigenvalue weighted by molar-refractivity contribution is -0.113. The van der Waals surface area contributed by atoms with Crippen LogP contribution in [0.1, 0.15) is 6.92 Å². The van der Waals surface area contributed by atoms with Crippen LogP contribution < -0.4 is 4.90 Å². The van der Waals surface area contributed by atoms with E-state index < -0.39 is 0 Å². The third-order valence-corrected chi connectivity index (χ3v) is 1.80. The standard InChI is InChI=1S/C10H12N2O/c1-8(9(2)13)12(3)10-6-4-5-7-11-10/h4-7H,1H2,2-3H3. The second-order valence-electron chi connectivity index (χ2n) is 2.75. The molecule has 1 rings (SSSR count). The molecule has 0 aliphatic carbocycles. The van der Waals surface area contributed by atoms with E-state index in [1.807, 2.05) is 18.2 Å². The van der Waals surface area contributed by atoms with Crippen molar-refractivity contribution in [3.05, 3.63) is 36.7 Å². The molecule has 0 fully saturated rings. The van der Waals surface area contributed by atoms with Gasteiger partial charge in [0, 0.05) is 20.2 Å². The van der Waals surface area contributed by atoms with Gasteiger partial charge in [0.2, 0.25) is 0 Å². The molecule has 0 aliphatic rings. The van der Waals surface area contributed by atoms with Crippen LogP contribution in [-0.2, 0) is 4.79 Å². The molecule has 1 aromatic heterocycles. The zero-order chi connectivity index (χ0) is 9.84. The number of aromatic nitrogens is 1. The van der Waals surface area contributed by atoms with Crippen LogP contribution in [-0.4, -0.2) is 17.8 Å². The van der Waals surface area contributed by atoms with Gasteiger partial charge in [-0.05, 0) is 12.1 Å². The first-order valence-corrected chi connectivity index (χ1v) is 3.97. The normalized spacial score (nSPS) is 9.38. The summed E-state index contributed by atoms with van der Waals surface area (Å²) in [5, 5.41) is 0. The number of carbonyl (C=O) groups is 1. The van der Waals surface area contributed by atoms with Gasteiger partial charge in [0.05, 0.1) is 5.70 Å². The number of pyridine rings is 1. The Bertz CT molecular complexity index is 319. The lowest BCUT2D eigenvalue weighted by atomic mass is 10.3. The molecule has 0 bridgehead atoms. The molecular formula is C10H12N2O. The zero-order valence-corrected chi connectivity index (χ0v) is 7.82. The summed E-state index contributed by atoms with van der Waals surface area (Å²) >= 11 is 0. The second kappa shape index (κ2) is 3.85. The zero-order valence-electron chi connectivity index (χ0n) is 7.82. The summed E-state index contributed by atoms with van der Waals surface area (Å²) in [6.45, 7) is 5.15. The molecule has 0 radical (unpaired) electrons. The fourth-order valence-corrected chi connectivity index (χ4v) is 0.927. The quantitative estimate of drug-likeness (QED) is 0.656. The highest BCUT2D eigenvalue weighted by Crippen LogP contribution is 2.11. The summed E-state index contributed by atoms with van der Waals surface area (Å²) in [5.41, 5.74) is 0.443.